The number of para-hydroxylation sites is 1. The Morgan fingerprint density at radius 3 is 2.50 bits per heavy atom. The lowest BCUT2D eigenvalue weighted by atomic mass is 10.1. The molecule has 0 bridgehead atoms. The van der Waals surface area contributed by atoms with Gasteiger partial charge in [-0.15, -0.1) is 0 Å². The SMILES string of the molecule is Cc1cc(CC(=O)Nc2c(C)cccc2C)no1. The first-order chi connectivity index (χ1) is 8.56. The van der Waals surface area contributed by atoms with Crippen molar-refractivity contribution in [2.24, 2.45) is 0 Å². The molecule has 0 aliphatic rings. The molecule has 0 atom stereocenters. The zero-order valence-corrected chi connectivity index (χ0v) is 10.8. The van der Waals surface area contributed by atoms with Crippen LogP contribution >= 0.6 is 0 Å². The van der Waals surface area contributed by atoms with Crippen LogP contribution in [0.4, 0.5) is 5.69 Å². The van der Waals surface area contributed by atoms with E-state index < -0.39 is 0 Å². The summed E-state index contributed by atoms with van der Waals surface area (Å²) < 4.78 is 4.93. The van der Waals surface area contributed by atoms with Crippen LogP contribution in [0.25, 0.3) is 0 Å². The van der Waals surface area contributed by atoms with Crippen molar-refractivity contribution in [3.8, 4) is 0 Å². The lowest BCUT2D eigenvalue weighted by Gasteiger charge is -2.10. The number of amides is 1. The molecule has 1 N–H and O–H groups in total. The molecule has 0 saturated carbocycles. The van der Waals surface area contributed by atoms with Crippen LogP contribution in [0.3, 0.4) is 0 Å². The minimum atomic E-state index is -0.0827. The first-order valence-corrected chi connectivity index (χ1v) is 5.84. The molecule has 2 rings (SSSR count). The Morgan fingerprint density at radius 2 is 1.94 bits per heavy atom. The minimum absolute atomic E-state index is 0.0827. The second-order valence-electron chi connectivity index (χ2n) is 4.42. The van der Waals surface area contributed by atoms with Gasteiger partial charge in [0.05, 0.1) is 12.1 Å². The van der Waals surface area contributed by atoms with Gasteiger partial charge in [0, 0.05) is 11.8 Å². The summed E-state index contributed by atoms with van der Waals surface area (Å²) in [5, 5.41) is 6.72. The van der Waals surface area contributed by atoms with E-state index in [9.17, 15) is 4.79 Å². The molecule has 0 radical (unpaired) electrons. The zero-order valence-electron chi connectivity index (χ0n) is 10.8. The van der Waals surface area contributed by atoms with E-state index in [4.69, 9.17) is 4.52 Å². The van der Waals surface area contributed by atoms with Crippen molar-refractivity contribution >= 4 is 11.6 Å². The van der Waals surface area contributed by atoms with Crippen LogP contribution in [-0.4, -0.2) is 11.1 Å². The molecule has 0 aliphatic heterocycles. The number of carbonyl (C=O) groups excluding carboxylic acids is 1. The van der Waals surface area contributed by atoms with Crippen LogP contribution in [0.1, 0.15) is 22.6 Å². The van der Waals surface area contributed by atoms with Crippen molar-refractivity contribution < 1.29 is 9.32 Å². The van der Waals surface area contributed by atoms with Gasteiger partial charge in [0.25, 0.3) is 0 Å². The topological polar surface area (TPSA) is 55.1 Å². The Labute approximate surface area is 106 Å². The molecule has 4 heteroatoms. The van der Waals surface area contributed by atoms with Crippen LogP contribution in [0.2, 0.25) is 0 Å². The lowest BCUT2D eigenvalue weighted by Crippen LogP contribution is -2.16. The van der Waals surface area contributed by atoms with Crippen molar-refractivity contribution in [2.45, 2.75) is 27.2 Å². The smallest absolute Gasteiger partial charge is 0.230 e. The van der Waals surface area contributed by atoms with E-state index in [-0.39, 0.29) is 12.3 Å². The van der Waals surface area contributed by atoms with E-state index in [1.165, 1.54) is 0 Å². The van der Waals surface area contributed by atoms with Gasteiger partial charge in [0.1, 0.15) is 5.76 Å². The molecule has 0 aliphatic carbocycles. The molecule has 0 fully saturated rings. The average molecular weight is 244 g/mol. The highest BCUT2D eigenvalue weighted by atomic mass is 16.5. The number of benzene rings is 1. The number of aromatic nitrogens is 1. The summed E-state index contributed by atoms with van der Waals surface area (Å²) in [5.74, 6) is 0.630. The maximum Gasteiger partial charge on any atom is 0.230 e. The van der Waals surface area contributed by atoms with Gasteiger partial charge in [-0.2, -0.15) is 0 Å². The Hall–Kier alpha value is -2.10. The van der Waals surface area contributed by atoms with E-state index in [0.717, 1.165) is 16.8 Å². The predicted octanol–water partition coefficient (Wildman–Crippen LogP) is 2.78. The fraction of sp³-hybridized carbons (Fsp3) is 0.286. The third kappa shape index (κ3) is 2.77. The second kappa shape index (κ2) is 5.04. The third-order valence-electron chi connectivity index (χ3n) is 2.76. The molecule has 2 aromatic rings. The first kappa shape index (κ1) is 12.4. The van der Waals surface area contributed by atoms with Crippen LogP contribution < -0.4 is 5.32 Å². The Bertz CT molecular complexity index is 553. The van der Waals surface area contributed by atoms with Gasteiger partial charge in [0.2, 0.25) is 5.91 Å². The highest BCUT2D eigenvalue weighted by Crippen LogP contribution is 2.19. The largest absolute Gasteiger partial charge is 0.361 e. The summed E-state index contributed by atoms with van der Waals surface area (Å²) in [6, 6.07) is 7.69. The number of hydrogen-bond donors (Lipinski definition) is 1. The summed E-state index contributed by atoms with van der Waals surface area (Å²) in [5.41, 5.74) is 3.64. The molecule has 1 heterocycles. The maximum absolute atomic E-state index is 11.9. The number of rotatable bonds is 3. The van der Waals surface area contributed by atoms with Crippen LogP contribution in [-0.2, 0) is 11.2 Å². The molecule has 18 heavy (non-hydrogen) atoms. The average Bonchev–Trinajstić information content (AvgIpc) is 2.69. The van der Waals surface area contributed by atoms with Gasteiger partial charge in [0.15, 0.2) is 0 Å². The van der Waals surface area contributed by atoms with Crippen LogP contribution in [0.15, 0.2) is 28.8 Å². The van der Waals surface area contributed by atoms with Crippen molar-refractivity contribution in [1.29, 1.82) is 0 Å². The molecule has 94 valence electrons. The Balaban J connectivity index is 2.08. The van der Waals surface area contributed by atoms with E-state index in [0.29, 0.717) is 11.5 Å². The maximum atomic E-state index is 11.9. The van der Waals surface area contributed by atoms with Crippen molar-refractivity contribution in [3.05, 3.63) is 46.8 Å². The Morgan fingerprint density at radius 1 is 1.28 bits per heavy atom. The molecule has 1 amide bonds. The monoisotopic (exact) mass is 244 g/mol. The number of anilines is 1. The Kier molecular flexibility index (Phi) is 3.46. The zero-order chi connectivity index (χ0) is 13.1. The summed E-state index contributed by atoms with van der Waals surface area (Å²) >= 11 is 0. The summed E-state index contributed by atoms with van der Waals surface area (Å²) in [6.07, 6.45) is 0.227. The normalized spacial score (nSPS) is 10.4. The van der Waals surface area contributed by atoms with Crippen LogP contribution in [0, 0.1) is 20.8 Å². The van der Waals surface area contributed by atoms with Crippen molar-refractivity contribution in [1.82, 2.24) is 5.16 Å². The van der Waals surface area contributed by atoms with Gasteiger partial charge < -0.3 is 9.84 Å². The van der Waals surface area contributed by atoms with E-state index in [1.807, 2.05) is 32.0 Å². The lowest BCUT2D eigenvalue weighted by molar-refractivity contribution is -0.115. The van der Waals surface area contributed by atoms with E-state index in [1.54, 1.807) is 13.0 Å². The molecular weight excluding hydrogens is 228 g/mol. The molecular formula is C14H16N2O2. The molecule has 1 aromatic carbocycles. The van der Waals surface area contributed by atoms with Gasteiger partial charge in [-0.3, -0.25) is 4.79 Å². The molecule has 0 spiro atoms. The highest BCUT2D eigenvalue weighted by Gasteiger charge is 2.10. The minimum Gasteiger partial charge on any atom is -0.361 e. The van der Waals surface area contributed by atoms with Gasteiger partial charge in [-0.1, -0.05) is 23.4 Å². The fourth-order valence-corrected chi connectivity index (χ4v) is 1.86. The van der Waals surface area contributed by atoms with Gasteiger partial charge in [-0.25, -0.2) is 0 Å². The number of carbonyl (C=O) groups is 1. The van der Waals surface area contributed by atoms with E-state index >= 15 is 0 Å². The van der Waals surface area contributed by atoms with Gasteiger partial charge in [-0.05, 0) is 31.9 Å². The highest BCUT2D eigenvalue weighted by molar-refractivity contribution is 5.93. The molecule has 0 unspecified atom stereocenters. The third-order valence-corrected chi connectivity index (χ3v) is 2.76. The fourth-order valence-electron chi connectivity index (χ4n) is 1.86. The first-order valence-electron chi connectivity index (χ1n) is 5.84. The molecule has 4 nitrogen and oxygen atoms in total. The van der Waals surface area contributed by atoms with Crippen LogP contribution in [0.5, 0.6) is 0 Å². The summed E-state index contributed by atoms with van der Waals surface area (Å²) in [4.78, 5) is 11.9. The molecule has 1 aromatic heterocycles. The molecule has 0 saturated heterocycles. The van der Waals surface area contributed by atoms with Gasteiger partial charge >= 0.3 is 0 Å². The standard InChI is InChI=1S/C14H16N2O2/c1-9-5-4-6-10(2)14(9)15-13(17)8-12-7-11(3)18-16-12/h4-7H,8H2,1-3H3,(H,15,17). The van der Waals surface area contributed by atoms with Crippen molar-refractivity contribution in [3.63, 3.8) is 0 Å². The number of nitrogens with zero attached hydrogens (tertiary/aromatic N) is 1. The number of hydrogen-bond acceptors (Lipinski definition) is 3. The summed E-state index contributed by atoms with van der Waals surface area (Å²) in [6.45, 7) is 5.76. The summed E-state index contributed by atoms with van der Waals surface area (Å²) in [7, 11) is 0. The predicted molar refractivity (Wildman–Crippen MR) is 69.5 cm³/mol. The number of nitrogens with one attached hydrogen (secondary N) is 1. The van der Waals surface area contributed by atoms with E-state index in [2.05, 4.69) is 10.5 Å². The second-order valence-corrected chi connectivity index (χ2v) is 4.42. The quantitative estimate of drug-likeness (QED) is 0.903. The van der Waals surface area contributed by atoms with Crippen molar-refractivity contribution in [2.75, 3.05) is 5.32 Å². The number of aryl methyl sites for hydroxylation is 3.